The number of nitrogen functional groups attached to an aromatic ring is 1. The summed E-state index contributed by atoms with van der Waals surface area (Å²) < 4.78 is 5.79. The van der Waals surface area contributed by atoms with Crippen LogP contribution >= 0.6 is 0 Å². The summed E-state index contributed by atoms with van der Waals surface area (Å²) in [5.41, 5.74) is 7.79. The lowest BCUT2D eigenvalue weighted by Crippen LogP contribution is -2.32. The molecule has 1 aromatic rings. The fourth-order valence-electron chi connectivity index (χ4n) is 2.01. The summed E-state index contributed by atoms with van der Waals surface area (Å²) in [6.45, 7) is 6.13. The van der Waals surface area contributed by atoms with Crippen molar-refractivity contribution in [2.24, 2.45) is 5.41 Å². The molecule has 0 radical (unpaired) electrons. The van der Waals surface area contributed by atoms with Gasteiger partial charge in [0.1, 0.15) is 5.75 Å². The Morgan fingerprint density at radius 2 is 2.13 bits per heavy atom. The number of fused-ring (bicyclic) bond motifs is 1. The van der Waals surface area contributed by atoms with Crippen molar-refractivity contribution in [3.05, 3.63) is 18.2 Å². The van der Waals surface area contributed by atoms with Gasteiger partial charge in [0.25, 0.3) is 0 Å². The zero-order chi connectivity index (χ0) is 11.1. The average molecular weight is 206 g/mol. The van der Waals surface area contributed by atoms with Gasteiger partial charge in [-0.2, -0.15) is 0 Å². The van der Waals surface area contributed by atoms with Crippen LogP contribution in [0.4, 0.5) is 11.4 Å². The van der Waals surface area contributed by atoms with E-state index in [0.717, 1.165) is 30.3 Å². The zero-order valence-electron chi connectivity index (χ0n) is 9.58. The van der Waals surface area contributed by atoms with Gasteiger partial charge in [0, 0.05) is 30.8 Å². The van der Waals surface area contributed by atoms with Crippen molar-refractivity contribution < 1.29 is 4.74 Å². The summed E-state index contributed by atoms with van der Waals surface area (Å²) in [6, 6.07) is 5.83. The number of nitrogens with two attached hydrogens (primary N) is 1. The summed E-state index contributed by atoms with van der Waals surface area (Å²) in [6.07, 6.45) is 0. The molecule has 0 aliphatic carbocycles. The van der Waals surface area contributed by atoms with Gasteiger partial charge in [-0.3, -0.25) is 0 Å². The molecule has 2 N–H and O–H groups in total. The van der Waals surface area contributed by atoms with E-state index in [0.29, 0.717) is 0 Å². The molecule has 0 saturated carbocycles. The van der Waals surface area contributed by atoms with E-state index in [1.54, 1.807) is 0 Å². The summed E-state index contributed by atoms with van der Waals surface area (Å²) in [5, 5.41) is 0. The van der Waals surface area contributed by atoms with Gasteiger partial charge in [0.2, 0.25) is 0 Å². The topological polar surface area (TPSA) is 38.5 Å². The highest BCUT2D eigenvalue weighted by molar-refractivity contribution is 5.64. The van der Waals surface area contributed by atoms with Gasteiger partial charge in [-0.1, -0.05) is 13.8 Å². The number of hydrogen-bond donors (Lipinski definition) is 1. The van der Waals surface area contributed by atoms with Crippen LogP contribution in [-0.2, 0) is 0 Å². The van der Waals surface area contributed by atoms with Gasteiger partial charge in [0.05, 0.1) is 12.3 Å². The molecule has 3 heteroatoms. The first-order chi connectivity index (χ1) is 6.98. The molecule has 0 saturated heterocycles. The van der Waals surface area contributed by atoms with Crippen LogP contribution < -0.4 is 15.4 Å². The molecular weight excluding hydrogens is 188 g/mol. The van der Waals surface area contributed by atoms with Crippen molar-refractivity contribution in [2.75, 3.05) is 30.8 Å². The van der Waals surface area contributed by atoms with Crippen LogP contribution in [0.2, 0.25) is 0 Å². The largest absolute Gasteiger partial charge is 0.491 e. The van der Waals surface area contributed by atoms with E-state index in [1.807, 2.05) is 18.2 Å². The van der Waals surface area contributed by atoms with Crippen molar-refractivity contribution in [1.82, 2.24) is 0 Å². The Morgan fingerprint density at radius 3 is 2.87 bits per heavy atom. The number of hydrogen-bond acceptors (Lipinski definition) is 3. The molecule has 0 amide bonds. The number of anilines is 2. The second-order valence-electron chi connectivity index (χ2n) is 5.04. The molecule has 0 atom stereocenters. The van der Waals surface area contributed by atoms with Crippen LogP contribution in [0.15, 0.2) is 18.2 Å². The Hall–Kier alpha value is -1.38. The highest BCUT2D eigenvalue weighted by Gasteiger charge is 2.26. The summed E-state index contributed by atoms with van der Waals surface area (Å²) in [7, 11) is 2.09. The SMILES string of the molecule is CN1CC(C)(C)COc2cc(N)ccc21. The predicted octanol–water partition coefficient (Wildman–Crippen LogP) is 2.12. The standard InChI is InChI=1S/C12H18N2O/c1-12(2)7-14(3)10-5-4-9(13)6-11(10)15-8-12/h4-6H,7-8,13H2,1-3H3. The maximum atomic E-state index is 5.79. The second kappa shape index (κ2) is 3.33. The molecule has 1 aromatic carbocycles. The monoisotopic (exact) mass is 206 g/mol. The normalized spacial score (nSPS) is 19.0. The van der Waals surface area contributed by atoms with Crippen LogP contribution in [-0.4, -0.2) is 20.2 Å². The number of benzene rings is 1. The van der Waals surface area contributed by atoms with Gasteiger partial charge >= 0.3 is 0 Å². The molecule has 15 heavy (non-hydrogen) atoms. The smallest absolute Gasteiger partial charge is 0.144 e. The van der Waals surface area contributed by atoms with E-state index in [9.17, 15) is 0 Å². The fraction of sp³-hybridized carbons (Fsp3) is 0.500. The van der Waals surface area contributed by atoms with Crippen molar-refractivity contribution >= 4 is 11.4 Å². The summed E-state index contributed by atoms with van der Waals surface area (Å²) in [4.78, 5) is 2.22. The second-order valence-corrected chi connectivity index (χ2v) is 5.04. The van der Waals surface area contributed by atoms with Crippen molar-refractivity contribution in [1.29, 1.82) is 0 Å². The highest BCUT2D eigenvalue weighted by atomic mass is 16.5. The molecule has 82 valence electrons. The van der Waals surface area contributed by atoms with Crippen LogP contribution in [0.3, 0.4) is 0 Å². The van der Waals surface area contributed by atoms with Crippen molar-refractivity contribution in [2.45, 2.75) is 13.8 Å². The summed E-state index contributed by atoms with van der Waals surface area (Å²) in [5.74, 6) is 0.892. The van der Waals surface area contributed by atoms with Crippen LogP contribution in [0.1, 0.15) is 13.8 Å². The van der Waals surface area contributed by atoms with E-state index >= 15 is 0 Å². The minimum Gasteiger partial charge on any atom is -0.491 e. The first-order valence-corrected chi connectivity index (χ1v) is 5.21. The highest BCUT2D eigenvalue weighted by Crippen LogP contribution is 2.35. The lowest BCUT2D eigenvalue weighted by Gasteiger charge is -2.26. The molecule has 0 bridgehead atoms. The lowest BCUT2D eigenvalue weighted by atomic mass is 9.94. The zero-order valence-corrected chi connectivity index (χ0v) is 9.58. The Labute approximate surface area is 90.8 Å². The van der Waals surface area contributed by atoms with E-state index in [-0.39, 0.29) is 5.41 Å². The average Bonchev–Trinajstić information content (AvgIpc) is 2.23. The molecule has 0 fully saturated rings. The van der Waals surface area contributed by atoms with Crippen molar-refractivity contribution in [3.8, 4) is 5.75 Å². The van der Waals surface area contributed by atoms with Gasteiger partial charge in [-0.15, -0.1) is 0 Å². The molecule has 2 rings (SSSR count). The van der Waals surface area contributed by atoms with Gasteiger partial charge < -0.3 is 15.4 Å². The number of nitrogens with zero attached hydrogens (tertiary/aromatic N) is 1. The van der Waals surface area contributed by atoms with Crippen LogP contribution in [0.25, 0.3) is 0 Å². The first kappa shape index (κ1) is 10.1. The van der Waals surface area contributed by atoms with E-state index in [2.05, 4.69) is 25.8 Å². The molecule has 3 nitrogen and oxygen atoms in total. The number of ether oxygens (including phenoxy) is 1. The van der Waals surface area contributed by atoms with Gasteiger partial charge in [-0.25, -0.2) is 0 Å². The molecular formula is C12H18N2O. The molecule has 1 heterocycles. The lowest BCUT2D eigenvalue weighted by molar-refractivity contribution is 0.196. The third-order valence-corrected chi connectivity index (χ3v) is 2.68. The van der Waals surface area contributed by atoms with Gasteiger partial charge in [0.15, 0.2) is 0 Å². The Bertz CT molecular complexity index is 374. The quantitative estimate of drug-likeness (QED) is 0.661. The molecule has 0 spiro atoms. The Morgan fingerprint density at radius 1 is 1.40 bits per heavy atom. The Balaban J connectivity index is 2.39. The molecule has 1 aliphatic rings. The Kier molecular flexibility index (Phi) is 2.25. The fourth-order valence-corrected chi connectivity index (χ4v) is 2.01. The van der Waals surface area contributed by atoms with E-state index < -0.39 is 0 Å². The molecule has 0 unspecified atom stereocenters. The number of rotatable bonds is 0. The minimum atomic E-state index is 0.169. The minimum absolute atomic E-state index is 0.169. The molecule has 0 aromatic heterocycles. The summed E-state index contributed by atoms with van der Waals surface area (Å²) >= 11 is 0. The third kappa shape index (κ3) is 2.01. The maximum Gasteiger partial charge on any atom is 0.144 e. The third-order valence-electron chi connectivity index (χ3n) is 2.68. The van der Waals surface area contributed by atoms with E-state index in [1.165, 1.54) is 0 Å². The predicted molar refractivity (Wildman–Crippen MR) is 63.4 cm³/mol. The molecule has 1 aliphatic heterocycles. The first-order valence-electron chi connectivity index (χ1n) is 5.21. The van der Waals surface area contributed by atoms with E-state index in [4.69, 9.17) is 10.5 Å². The maximum absolute atomic E-state index is 5.79. The van der Waals surface area contributed by atoms with Crippen LogP contribution in [0, 0.1) is 5.41 Å². The van der Waals surface area contributed by atoms with Crippen LogP contribution in [0.5, 0.6) is 5.75 Å². The van der Waals surface area contributed by atoms with Gasteiger partial charge in [-0.05, 0) is 12.1 Å². The van der Waals surface area contributed by atoms with Crippen molar-refractivity contribution in [3.63, 3.8) is 0 Å².